The molecule has 26 heavy (non-hydrogen) atoms. The number of ether oxygens (including phenoxy) is 1. The Morgan fingerprint density at radius 2 is 1.69 bits per heavy atom. The zero-order valence-electron chi connectivity index (χ0n) is 15.2. The number of benzene rings is 2. The number of nitrogens with one attached hydrogen (secondary N) is 1. The first-order chi connectivity index (χ1) is 12.6. The van der Waals surface area contributed by atoms with Crippen LogP contribution < -0.4 is 10.1 Å². The molecule has 5 heteroatoms. The van der Waals surface area contributed by atoms with Gasteiger partial charge < -0.3 is 10.1 Å². The van der Waals surface area contributed by atoms with Gasteiger partial charge in [0.1, 0.15) is 11.4 Å². The van der Waals surface area contributed by atoms with E-state index in [1.165, 1.54) is 4.90 Å². The summed E-state index contributed by atoms with van der Waals surface area (Å²) >= 11 is 0. The fourth-order valence-electron chi connectivity index (χ4n) is 3.07. The number of hydrogen-bond acceptors (Lipinski definition) is 4. The van der Waals surface area contributed by atoms with Crippen LogP contribution in [0, 0.1) is 6.92 Å². The summed E-state index contributed by atoms with van der Waals surface area (Å²) in [5.74, 6) is -0.0375. The minimum absolute atomic E-state index is 0.294. The van der Waals surface area contributed by atoms with Crippen LogP contribution in [0.15, 0.2) is 54.2 Å². The standard InChI is InChI=1S/C21H22N2O3/c1-4-13-23-20(24)18(15-10-6-8-12-17(15)26-3)19(21(23)25)22-16-11-7-5-9-14(16)2/h5-12,22H,4,13H2,1-3H3. The molecule has 0 radical (unpaired) electrons. The van der Waals surface area contributed by atoms with Crippen molar-refractivity contribution in [2.24, 2.45) is 0 Å². The van der Waals surface area contributed by atoms with Crippen LogP contribution in [-0.2, 0) is 9.59 Å². The summed E-state index contributed by atoms with van der Waals surface area (Å²) in [7, 11) is 1.55. The lowest BCUT2D eigenvalue weighted by Crippen LogP contribution is -2.33. The smallest absolute Gasteiger partial charge is 0.278 e. The van der Waals surface area contributed by atoms with Crippen LogP contribution in [0.5, 0.6) is 5.75 Å². The van der Waals surface area contributed by atoms with E-state index in [4.69, 9.17) is 4.74 Å². The lowest BCUT2D eigenvalue weighted by molar-refractivity contribution is -0.136. The first-order valence-corrected chi connectivity index (χ1v) is 8.65. The summed E-state index contributed by atoms with van der Waals surface area (Å²) in [6.07, 6.45) is 0.703. The van der Waals surface area contributed by atoms with Crippen molar-refractivity contribution in [2.75, 3.05) is 19.0 Å². The van der Waals surface area contributed by atoms with Crippen molar-refractivity contribution >= 4 is 23.1 Å². The monoisotopic (exact) mass is 350 g/mol. The molecule has 2 amide bonds. The largest absolute Gasteiger partial charge is 0.496 e. The van der Waals surface area contributed by atoms with Crippen LogP contribution in [0.25, 0.3) is 5.57 Å². The fourth-order valence-corrected chi connectivity index (χ4v) is 3.07. The maximum absolute atomic E-state index is 13.0. The van der Waals surface area contributed by atoms with Gasteiger partial charge in [-0.15, -0.1) is 0 Å². The molecule has 0 atom stereocenters. The van der Waals surface area contributed by atoms with E-state index in [9.17, 15) is 9.59 Å². The van der Waals surface area contributed by atoms with Crippen molar-refractivity contribution < 1.29 is 14.3 Å². The number of hydrogen-bond donors (Lipinski definition) is 1. The number of para-hydroxylation sites is 2. The molecule has 0 saturated carbocycles. The first kappa shape index (κ1) is 17.7. The van der Waals surface area contributed by atoms with Crippen LogP contribution >= 0.6 is 0 Å². The minimum atomic E-state index is -0.305. The van der Waals surface area contributed by atoms with Crippen LogP contribution in [0.4, 0.5) is 5.69 Å². The minimum Gasteiger partial charge on any atom is -0.496 e. The third-order valence-corrected chi connectivity index (χ3v) is 4.40. The summed E-state index contributed by atoms with van der Waals surface area (Å²) in [4.78, 5) is 27.3. The Labute approximate surface area is 153 Å². The van der Waals surface area contributed by atoms with Crippen molar-refractivity contribution in [3.63, 3.8) is 0 Å². The highest BCUT2D eigenvalue weighted by molar-refractivity contribution is 6.37. The van der Waals surface area contributed by atoms with Crippen LogP contribution in [0.2, 0.25) is 0 Å². The Balaban J connectivity index is 2.15. The van der Waals surface area contributed by atoms with Gasteiger partial charge in [0, 0.05) is 17.8 Å². The topological polar surface area (TPSA) is 58.6 Å². The van der Waals surface area contributed by atoms with Crippen molar-refractivity contribution in [1.29, 1.82) is 0 Å². The van der Waals surface area contributed by atoms with Gasteiger partial charge in [0.15, 0.2) is 0 Å². The summed E-state index contributed by atoms with van der Waals surface area (Å²) in [5.41, 5.74) is 3.05. The van der Waals surface area contributed by atoms with E-state index in [-0.39, 0.29) is 11.8 Å². The molecule has 0 aliphatic carbocycles. The van der Waals surface area contributed by atoms with E-state index in [0.29, 0.717) is 35.5 Å². The maximum atomic E-state index is 13.0. The molecule has 0 unspecified atom stereocenters. The molecule has 0 aromatic heterocycles. The van der Waals surface area contributed by atoms with E-state index >= 15 is 0 Å². The number of amides is 2. The van der Waals surface area contributed by atoms with Gasteiger partial charge >= 0.3 is 0 Å². The number of rotatable bonds is 6. The lowest BCUT2D eigenvalue weighted by Gasteiger charge is -2.14. The number of nitrogens with zero attached hydrogens (tertiary/aromatic N) is 1. The van der Waals surface area contributed by atoms with Gasteiger partial charge in [0.25, 0.3) is 11.8 Å². The second-order valence-corrected chi connectivity index (χ2v) is 6.15. The Hall–Kier alpha value is -3.08. The van der Waals surface area contributed by atoms with E-state index in [2.05, 4.69) is 5.32 Å². The number of carbonyl (C=O) groups is 2. The molecule has 2 aromatic rings. The normalized spacial score (nSPS) is 14.2. The van der Waals surface area contributed by atoms with E-state index in [0.717, 1.165) is 11.3 Å². The van der Waals surface area contributed by atoms with Gasteiger partial charge in [-0.1, -0.05) is 43.3 Å². The molecule has 0 fully saturated rings. The summed E-state index contributed by atoms with van der Waals surface area (Å²) in [6, 6.07) is 14.9. The Morgan fingerprint density at radius 3 is 2.38 bits per heavy atom. The number of imide groups is 1. The third-order valence-electron chi connectivity index (χ3n) is 4.40. The highest BCUT2D eigenvalue weighted by Crippen LogP contribution is 2.35. The Morgan fingerprint density at radius 1 is 1.00 bits per heavy atom. The Kier molecular flexibility index (Phi) is 5.07. The SMILES string of the molecule is CCCN1C(=O)C(Nc2ccccc2C)=C(c2ccccc2OC)C1=O. The lowest BCUT2D eigenvalue weighted by atomic mass is 10.0. The van der Waals surface area contributed by atoms with Crippen LogP contribution in [0.3, 0.4) is 0 Å². The molecular weight excluding hydrogens is 328 g/mol. The van der Waals surface area contributed by atoms with E-state index in [1.807, 2.05) is 50.2 Å². The molecular formula is C21H22N2O3. The zero-order chi connectivity index (χ0) is 18.7. The summed E-state index contributed by atoms with van der Waals surface area (Å²) in [5, 5.41) is 3.19. The van der Waals surface area contributed by atoms with Crippen LogP contribution in [0.1, 0.15) is 24.5 Å². The molecule has 0 spiro atoms. The molecule has 1 heterocycles. The predicted molar refractivity (Wildman–Crippen MR) is 102 cm³/mol. The third kappa shape index (κ3) is 3.08. The number of anilines is 1. The van der Waals surface area contributed by atoms with Gasteiger partial charge in [0.2, 0.25) is 0 Å². The quantitative estimate of drug-likeness (QED) is 0.809. The number of carbonyl (C=O) groups excluding carboxylic acids is 2. The van der Waals surface area contributed by atoms with Gasteiger partial charge in [-0.3, -0.25) is 14.5 Å². The molecule has 1 N–H and O–H groups in total. The zero-order valence-corrected chi connectivity index (χ0v) is 15.2. The Bertz CT molecular complexity index is 886. The van der Waals surface area contributed by atoms with E-state index in [1.54, 1.807) is 19.2 Å². The van der Waals surface area contributed by atoms with Gasteiger partial charge in [0.05, 0.1) is 12.7 Å². The first-order valence-electron chi connectivity index (χ1n) is 8.65. The predicted octanol–water partition coefficient (Wildman–Crippen LogP) is 3.61. The molecule has 0 bridgehead atoms. The average molecular weight is 350 g/mol. The summed E-state index contributed by atoms with van der Waals surface area (Å²) < 4.78 is 5.41. The van der Waals surface area contributed by atoms with E-state index < -0.39 is 0 Å². The molecule has 5 nitrogen and oxygen atoms in total. The van der Waals surface area contributed by atoms with Crippen molar-refractivity contribution in [1.82, 2.24) is 4.90 Å². The van der Waals surface area contributed by atoms with Crippen LogP contribution in [-0.4, -0.2) is 30.4 Å². The van der Waals surface area contributed by atoms with Gasteiger partial charge in [-0.05, 0) is 31.0 Å². The number of methoxy groups -OCH3 is 1. The van der Waals surface area contributed by atoms with Crippen molar-refractivity contribution in [3.05, 3.63) is 65.4 Å². The molecule has 1 aliphatic heterocycles. The molecule has 3 rings (SSSR count). The van der Waals surface area contributed by atoms with Gasteiger partial charge in [-0.25, -0.2) is 0 Å². The molecule has 1 aliphatic rings. The van der Waals surface area contributed by atoms with Gasteiger partial charge in [-0.2, -0.15) is 0 Å². The van der Waals surface area contributed by atoms with Crippen molar-refractivity contribution in [2.45, 2.75) is 20.3 Å². The average Bonchev–Trinajstić information content (AvgIpc) is 2.88. The number of aryl methyl sites for hydroxylation is 1. The molecule has 0 saturated heterocycles. The molecule has 2 aromatic carbocycles. The highest BCUT2D eigenvalue weighted by Gasteiger charge is 2.39. The van der Waals surface area contributed by atoms with Crippen molar-refractivity contribution in [3.8, 4) is 5.75 Å². The fraction of sp³-hybridized carbons (Fsp3) is 0.238. The summed E-state index contributed by atoms with van der Waals surface area (Å²) in [6.45, 7) is 4.28. The molecule has 134 valence electrons. The second kappa shape index (κ2) is 7.44. The second-order valence-electron chi connectivity index (χ2n) is 6.15. The maximum Gasteiger partial charge on any atom is 0.278 e. The highest BCUT2D eigenvalue weighted by atomic mass is 16.5.